The van der Waals surface area contributed by atoms with Crippen molar-refractivity contribution in [1.29, 1.82) is 0 Å². The molecule has 0 saturated carbocycles. The van der Waals surface area contributed by atoms with E-state index in [0.29, 0.717) is 5.69 Å². The van der Waals surface area contributed by atoms with Crippen molar-refractivity contribution < 1.29 is 27.5 Å². The number of hydrogen-bond acceptors (Lipinski definition) is 3. The van der Waals surface area contributed by atoms with Crippen LogP contribution in [0, 0.1) is 0 Å². The van der Waals surface area contributed by atoms with Gasteiger partial charge in [0, 0.05) is 12.2 Å². The number of carbonyl (C=O) groups is 2. The molecule has 0 bridgehead atoms. The van der Waals surface area contributed by atoms with E-state index in [9.17, 15) is 22.8 Å². The van der Waals surface area contributed by atoms with Crippen LogP contribution >= 0.6 is 11.6 Å². The lowest BCUT2D eigenvalue weighted by molar-refractivity contribution is -0.137. The number of alkyl halides is 3. The summed E-state index contributed by atoms with van der Waals surface area (Å²) in [4.78, 5) is 23.6. The third-order valence-corrected chi connectivity index (χ3v) is 3.75. The van der Waals surface area contributed by atoms with Gasteiger partial charge in [-0.2, -0.15) is 13.2 Å². The van der Waals surface area contributed by atoms with Crippen molar-refractivity contribution in [1.82, 2.24) is 5.32 Å². The SMILES string of the molecule is CCOC(=O)c1cccc(NC(=O)NCc2ccc(Cl)c(C(F)(F)F)c2)c1. The summed E-state index contributed by atoms with van der Waals surface area (Å²) in [6.45, 7) is 1.76. The number of anilines is 1. The molecule has 2 N–H and O–H groups in total. The predicted octanol–water partition coefficient (Wildman–Crippen LogP) is 4.86. The first kappa shape index (κ1) is 20.6. The Morgan fingerprint density at radius 2 is 1.89 bits per heavy atom. The van der Waals surface area contributed by atoms with Gasteiger partial charge in [0.2, 0.25) is 0 Å². The molecule has 0 radical (unpaired) electrons. The van der Waals surface area contributed by atoms with Crippen LogP contribution in [-0.4, -0.2) is 18.6 Å². The number of nitrogens with one attached hydrogen (secondary N) is 2. The molecule has 2 amide bonds. The number of ether oxygens (including phenoxy) is 1. The fraction of sp³-hybridized carbons (Fsp3) is 0.222. The summed E-state index contributed by atoms with van der Waals surface area (Å²) in [6, 6.07) is 8.85. The molecule has 144 valence electrons. The van der Waals surface area contributed by atoms with Gasteiger partial charge >= 0.3 is 18.2 Å². The maximum atomic E-state index is 12.9. The van der Waals surface area contributed by atoms with Crippen molar-refractivity contribution in [2.75, 3.05) is 11.9 Å². The quantitative estimate of drug-likeness (QED) is 0.704. The predicted molar refractivity (Wildman–Crippen MR) is 94.7 cm³/mol. The molecule has 0 aromatic heterocycles. The molecule has 0 unspecified atom stereocenters. The van der Waals surface area contributed by atoms with Gasteiger partial charge in [-0.05, 0) is 42.8 Å². The highest BCUT2D eigenvalue weighted by Crippen LogP contribution is 2.35. The molecule has 0 heterocycles. The van der Waals surface area contributed by atoms with E-state index in [4.69, 9.17) is 16.3 Å². The van der Waals surface area contributed by atoms with Crippen LogP contribution in [0.1, 0.15) is 28.4 Å². The zero-order valence-corrected chi connectivity index (χ0v) is 14.9. The maximum Gasteiger partial charge on any atom is 0.417 e. The van der Waals surface area contributed by atoms with E-state index in [0.717, 1.165) is 12.1 Å². The molecular formula is C18H16ClF3N2O3. The Labute approximate surface area is 158 Å². The van der Waals surface area contributed by atoms with E-state index in [2.05, 4.69) is 10.6 Å². The monoisotopic (exact) mass is 400 g/mol. The van der Waals surface area contributed by atoms with Crippen molar-refractivity contribution in [3.05, 3.63) is 64.2 Å². The van der Waals surface area contributed by atoms with E-state index >= 15 is 0 Å². The second kappa shape index (κ2) is 8.77. The number of halogens is 4. The van der Waals surface area contributed by atoms with Crippen molar-refractivity contribution in [3.8, 4) is 0 Å². The van der Waals surface area contributed by atoms with Crippen LogP contribution in [0.2, 0.25) is 5.02 Å². The highest BCUT2D eigenvalue weighted by atomic mass is 35.5. The van der Waals surface area contributed by atoms with E-state index in [1.54, 1.807) is 19.1 Å². The summed E-state index contributed by atoms with van der Waals surface area (Å²) in [7, 11) is 0. The average molecular weight is 401 g/mol. The molecule has 2 rings (SSSR count). The second-order valence-corrected chi connectivity index (χ2v) is 5.83. The number of carbonyl (C=O) groups excluding carboxylic acids is 2. The van der Waals surface area contributed by atoms with Gasteiger partial charge in [-0.3, -0.25) is 0 Å². The first-order valence-electron chi connectivity index (χ1n) is 7.88. The Hall–Kier alpha value is -2.74. The molecule has 0 aliphatic rings. The first-order valence-corrected chi connectivity index (χ1v) is 8.26. The third-order valence-electron chi connectivity index (χ3n) is 3.42. The molecule has 0 aliphatic heterocycles. The molecule has 27 heavy (non-hydrogen) atoms. The minimum absolute atomic E-state index is 0.135. The Morgan fingerprint density at radius 3 is 2.56 bits per heavy atom. The van der Waals surface area contributed by atoms with Crippen LogP contribution in [0.25, 0.3) is 0 Å². The number of rotatable bonds is 5. The third kappa shape index (κ3) is 5.89. The molecule has 2 aromatic rings. The van der Waals surface area contributed by atoms with Crippen LogP contribution in [0.5, 0.6) is 0 Å². The molecule has 0 aliphatic carbocycles. The summed E-state index contributed by atoms with van der Waals surface area (Å²) in [6.07, 6.45) is -4.58. The normalized spacial score (nSPS) is 11.0. The number of urea groups is 1. The van der Waals surface area contributed by atoms with Crippen LogP contribution in [-0.2, 0) is 17.5 Å². The fourth-order valence-electron chi connectivity index (χ4n) is 2.20. The second-order valence-electron chi connectivity index (χ2n) is 5.42. The van der Waals surface area contributed by atoms with Gasteiger partial charge < -0.3 is 15.4 Å². The topological polar surface area (TPSA) is 67.4 Å². The van der Waals surface area contributed by atoms with Crippen molar-refractivity contribution in [2.24, 2.45) is 0 Å². The van der Waals surface area contributed by atoms with Gasteiger partial charge in [0.1, 0.15) is 0 Å². The van der Waals surface area contributed by atoms with Crippen LogP contribution < -0.4 is 10.6 Å². The summed E-state index contributed by atoms with van der Waals surface area (Å²) in [5, 5.41) is 4.53. The fourth-order valence-corrected chi connectivity index (χ4v) is 2.42. The lowest BCUT2D eigenvalue weighted by Gasteiger charge is -2.12. The van der Waals surface area contributed by atoms with Crippen LogP contribution in [0.4, 0.5) is 23.7 Å². The van der Waals surface area contributed by atoms with E-state index in [1.807, 2.05) is 0 Å². The van der Waals surface area contributed by atoms with Gasteiger partial charge in [0.05, 0.1) is 22.8 Å². The molecule has 5 nitrogen and oxygen atoms in total. The molecule has 0 atom stereocenters. The highest BCUT2D eigenvalue weighted by molar-refractivity contribution is 6.31. The van der Waals surface area contributed by atoms with Gasteiger partial charge in [-0.1, -0.05) is 23.7 Å². The Morgan fingerprint density at radius 1 is 1.15 bits per heavy atom. The molecule has 9 heteroatoms. The van der Waals surface area contributed by atoms with Crippen molar-refractivity contribution in [2.45, 2.75) is 19.6 Å². The van der Waals surface area contributed by atoms with Gasteiger partial charge in [-0.15, -0.1) is 0 Å². The van der Waals surface area contributed by atoms with Crippen molar-refractivity contribution >= 4 is 29.3 Å². The van der Waals surface area contributed by atoms with Crippen LogP contribution in [0.3, 0.4) is 0 Å². The minimum atomic E-state index is -4.58. The van der Waals surface area contributed by atoms with Crippen LogP contribution in [0.15, 0.2) is 42.5 Å². The lowest BCUT2D eigenvalue weighted by atomic mass is 10.1. The Bertz CT molecular complexity index is 841. The molecule has 2 aromatic carbocycles. The minimum Gasteiger partial charge on any atom is -0.462 e. The molecule has 0 spiro atoms. The van der Waals surface area contributed by atoms with Gasteiger partial charge in [-0.25, -0.2) is 9.59 Å². The van der Waals surface area contributed by atoms with E-state index in [-0.39, 0.29) is 24.3 Å². The Balaban J connectivity index is 1.99. The molecule has 0 saturated heterocycles. The van der Waals surface area contributed by atoms with E-state index in [1.165, 1.54) is 18.2 Å². The molecular weight excluding hydrogens is 385 g/mol. The first-order chi connectivity index (χ1) is 12.7. The number of hydrogen-bond donors (Lipinski definition) is 2. The van der Waals surface area contributed by atoms with Crippen molar-refractivity contribution in [3.63, 3.8) is 0 Å². The smallest absolute Gasteiger partial charge is 0.417 e. The largest absolute Gasteiger partial charge is 0.462 e. The number of benzene rings is 2. The lowest BCUT2D eigenvalue weighted by Crippen LogP contribution is -2.28. The average Bonchev–Trinajstić information content (AvgIpc) is 2.60. The summed E-state index contributed by atoms with van der Waals surface area (Å²) >= 11 is 5.56. The summed E-state index contributed by atoms with van der Waals surface area (Å²) in [5.74, 6) is -0.526. The standard InChI is InChI=1S/C18H16ClF3N2O3/c1-2-27-16(25)12-4-3-5-13(9-12)24-17(26)23-10-11-6-7-15(19)14(8-11)18(20,21)22/h3-9H,2,10H2,1H3,(H2,23,24,26). The number of esters is 1. The summed E-state index contributed by atoms with van der Waals surface area (Å²) in [5.41, 5.74) is -0.125. The summed E-state index contributed by atoms with van der Waals surface area (Å²) < 4.78 is 43.4. The van der Waals surface area contributed by atoms with E-state index < -0.39 is 28.8 Å². The van der Waals surface area contributed by atoms with Gasteiger partial charge in [0.25, 0.3) is 0 Å². The zero-order chi connectivity index (χ0) is 20.0. The Kier molecular flexibility index (Phi) is 6.68. The maximum absolute atomic E-state index is 12.9. The number of amides is 2. The van der Waals surface area contributed by atoms with Gasteiger partial charge in [0.15, 0.2) is 0 Å². The molecule has 0 fully saturated rings. The highest BCUT2D eigenvalue weighted by Gasteiger charge is 2.33. The zero-order valence-electron chi connectivity index (χ0n) is 14.2.